The van der Waals surface area contributed by atoms with E-state index in [4.69, 9.17) is 4.42 Å². The van der Waals surface area contributed by atoms with Crippen LogP contribution in [0.4, 0.5) is 0 Å². The zero-order valence-electron chi connectivity index (χ0n) is 12.8. The Hall–Kier alpha value is -2.30. The third-order valence-corrected chi connectivity index (χ3v) is 3.01. The van der Waals surface area contributed by atoms with Gasteiger partial charge in [0.2, 0.25) is 5.91 Å². The summed E-state index contributed by atoms with van der Waals surface area (Å²) in [5.41, 5.74) is 0.450. The van der Waals surface area contributed by atoms with E-state index >= 15 is 0 Å². The topological polar surface area (TPSA) is 62.6 Å². The quantitative estimate of drug-likeness (QED) is 0.783. The molecule has 0 radical (unpaired) electrons. The smallest absolute Gasteiger partial charge is 0.255 e. The summed E-state index contributed by atoms with van der Waals surface area (Å²) in [6.45, 7) is 13.2. The molecule has 0 aliphatic heterocycles. The minimum atomic E-state index is -0.632. The van der Waals surface area contributed by atoms with Crippen LogP contribution in [0.15, 0.2) is 35.8 Å². The molecular formula is C16H22N2O3. The molecule has 1 rings (SSSR count). The van der Waals surface area contributed by atoms with E-state index in [1.54, 1.807) is 43.9 Å². The number of carbonyl (C=O) groups is 2. The second-order valence-corrected chi connectivity index (χ2v) is 4.84. The lowest BCUT2D eigenvalue weighted by Crippen LogP contribution is -2.47. The van der Waals surface area contributed by atoms with Crippen LogP contribution in [-0.2, 0) is 4.79 Å². The molecular weight excluding hydrogens is 268 g/mol. The van der Waals surface area contributed by atoms with Crippen molar-refractivity contribution >= 4 is 11.8 Å². The van der Waals surface area contributed by atoms with Crippen molar-refractivity contribution in [2.24, 2.45) is 0 Å². The van der Waals surface area contributed by atoms with E-state index in [1.165, 1.54) is 0 Å². The van der Waals surface area contributed by atoms with E-state index < -0.39 is 6.04 Å². The number of furan rings is 1. The highest BCUT2D eigenvalue weighted by Gasteiger charge is 2.22. The predicted molar refractivity (Wildman–Crippen MR) is 82.1 cm³/mol. The van der Waals surface area contributed by atoms with Crippen molar-refractivity contribution in [1.29, 1.82) is 0 Å². The van der Waals surface area contributed by atoms with Gasteiger partial charge >= 0.3 is 0 Å². The van der Waals surface area contributed by atoms with Crippen LogP contribution in [0.1, 0.15) is 28.8 Å². The fourth-order valence-electron chi connectivity index (χ4n) is 2.03. The SMILES string of the molecule is C=CCN(CC=C)C(=O)C(C)NC(=O)c1cc(C)oc1C. The first kappa shape index (κ1) is 16.8. The molecule has 1 unspecified atom stereocenters. The van der Waals surface area contributed by atoms with E-state index in [0.717, 1.165) is 0 Å². The van der Waals surface area contributed by atoms with Crippen LogP contribution in [0.2, 0.25) is 0 Å². The summed E-state index contributed by atoms with van der Waals surface area (Å²) >= 11 is 0. The van der Waals surface area contributed by atoms with Crippen molar-refractivity contribution in [3.8, 4) is 0 Å². The summed E-state index contributed by atoms with van der Waals surface area (Å²) in [6, 6.07) is 1.03. The number of amides is 2. The Labute approximate surface area is 125 Å². The number of hydrogen-bond donors (Lipinski definition) is 1. The molecule has 5 nitrogen and oxygen atoms in total. The van der Waals surface area contributed by atoms with Gasteiger partial charge < -0.3 is 14.6 Å². The molecule has 5 heteroatoms. The second-order valence-electron chi connectivity index (χ2n) is 4.84. The second kappa shape index (κ2) is 7.47. The third kappa shape index (κ3) is 4.34. The Bertz CT molecular complexity index is 536. The number of carbonyl (C=O) groups excluding carboxylic acids is 2. The highest BCUT2D eigenvalue weighted by Crippen LogP contribution is 2.13. The average molecular weight is 290 g/mol. The lowest BCUT2D eigenvalue weighted by molar-refractivity contribution is -0.131. The largest absolute Gasteiger partial charge is 0.466 e. The van der Waals surface area contributed by atoms with Crippen LogP contribution < -0.4 is 5.32 Å². The first-order valence-corrected chi connectivity index (χ1v) is 6.79. The monoisotopic (exact) mass is 290 g/mol. The maximum atomic E-state index is 12.3. The van der Waals surface area contributed by atoms with E-state index in [-0.39, 0.29) is 11.8 Å². The molecule has 21 heavy (non-hydrogen) atoms. The fourth-order valence-corrected chi connectivity index (χ4v) is 2.03. The summed E-state index contributed by atoms with van der Waals surface area (Å²) in [7, 11) is 0. The number of rotatable bonds is 7. The van der Waals surface area contributed by atoms with Crippen LogP contribution >= 0.6 is 0 Å². The van der Waals surface area contributed by atoms with Crippen molar-refractivity contribution in [2.45, 2.75) is 26.8 Å². The van der Waals surface area contributed by atoms with Crippen molar-refractivity contribution in [3.05, 3.63) is 48.5 Å². The number of nitrogens with zero attached hydrogens (tertiary/aromatic N) is 1. The van der Waals surface area contributed by atoms with Gasteiger partial charge in [0.05, 0.1) is 5.56 Å². The van der Waals surface area contributed by atoms with Gasteiger partial charge in [0.25, 0.3) is 5.91 Å². The molecule has 0 saturated carbocycles. The first-order valence-electron chi connectivity index (χ1n) is 6.79. The average Bonchev–Trinajstić information content (AvgIpc) is 2.76. The molecule has 2 amide bonds. The maximum absolute atomic E-state index is 12.3. The van der Waals surface area contributed by atoms with Gasteiger partial charge in [-0.25, -0.2) is 0 Å². The minimum absolute atomic E-state index is 0.180. The molecule has 0 aliphatic carbocycles. The van der Waals surface area contributed by atoms with Crippen LogP contribution in [0, 0.1) is 13.8 Å². The van der Waals surface area contributed by atoms with Gasteiger partial charge in [-0.2, -0.15) is 0 Å². The van der Waals surface area contributed by atoms with E-state index in [1.807, 2.05) is 0 Å². The molecule has 1 atom stereocenters. The van der Waals surface area contributed by atoms with Gasteiger partial charge in [0.15, 0.2) is 0 Å². The Balaban J connectivity index is 2.74. The summed E-state index contributed by atoms with van der Waals surface area (Å²) in [4.78, 5) is 26.0. The summed E-state index contributed by atoms with van der Waals surface area (Å²) in [6.07, 6.45) is 3.28. The Kier molecular flexibility index (Phi) is 5.96. The normalized spacial score (nSPS) is 11.6. The van der Waals surface area contributed by atoms with Crippen molar-refractivity contribution < 1.29 is 14.0 Å². The van der Waals surface area contributed by atoms with E-state index in [2.05, 4.69) is 18.5 Å². The Morgan fingerprint density at radius 1 is 1.33 bits per heavy atom. The molecule has 0 bridgehead atoms. The summed E-state index contributed by atoms with van der Waals surface area (Å²) < 4.78 is 5.32. The van der Waals surface area contributed by atoms with Gasteiger partial charge in [-0.3, -0.25) is 9.59 Å². The van der Waals surface area contributed by atoms with Gasteiger partial charge in [-0.05, 0) is 26.8 Å². The molecule has 1 aromatic heterocycles. The predicted octanol–water partition coefficient (Wildman–Crippen LogP) is 2.22. The summed E-state index contributed by atoms with van der Waals surface area (Å²) in [5, 5.41) is 2.69. The Morgan fingerprint density at radius 3 is 2.33 bits per heavy atom. The molecule has 0 fully saturated rings. The van der Waals surface area contributed by atoms with Crippen LogP contribution in [0.3, 0.4) is 0 Å². The standard InChI is InChI=1S/C16H22N2O3/c1-6-8-18(9-7-2)16(20)12(4)17-15(19)14-10-11(3)21-13(14)5/h6-7,10,12H,1-2,8-9H2,3-5H3,(H,17,19). The maximum Gasteiger partial charge on any atom is 0.255 e. The number of aryl methyl sites for hydroxylation is 2. The lowest BCUT2D eigenvalue weighted by Gasteiger charge is -2.23. The fraction of sp³-hybridized carbons (Fsp3) is 0.375. The van der Waals surface area contributed by atoms with E-state index in [0.29, 0.717) is 30.2 Å². The molecule has 1 N–H and O–H groups in total. The molecule has 114 valence electrons. The number of hydrogen-bond acceptors (Lipinski definition) is 3. The van der Waals surface area contributed by atoms with Crippen molar-refractivity contribution in [3.63, 3.8) is 0 Å². The highest BCUT2D eigenvalue weighted by atomic mass is 16.3. The zero-order valence-corrected chi connectivity index (χ0v) is 12.8. The van der Waals surface area contributed by atoms with Gasteiger partial charge in [0, 0.05) is 13.1 Å². The van der Waals surface area contributed by atoms with Gasteiger partial charge in [-0.15, -0.1) is 13.2 Å². The van der Waals surface area contributed by atoms with Gasteiger partial charge in [0.1, 0.15) is 17.6 Å². The van der Waals surface area contributed by atoms with Crippen LogP contribution in [0.5, 0.6) is 0 Å². The molecule has 1 heterocycles. The molecule has 0 spiro atoms. The van der Waals surface area contributed by atoms with Crippen molar-refractivity contribution in [2.75, 3.05) is 13.1 Å². The molecule has 0 saturated heterocycles. The van der Waals surface area contributed by atoms with Crippen molar-refractivity contribution in [1.82, 2.24) is 10.2 Å². The van der Waals surface area contributed by atoms with Gasteiger partial charge in [-0.1, -0.05) is 12.2 Å². The zero-order chi connectivity index (χ0) is 16.0. The molecule has 1 aromatic rings. The summed E-state index contributed by atoms with van der Waals surface area (Å²) in [5.74, 6) is 0.707. The molecule has 0 aliphatic rings. The lowest BCUT2D eigenvalue weighted by atomic mass is 10.2. The minimum Gasteiger partial charge on any atom is -0.466 e. The number of nitrogens with one attached hydrogen (secondary N) is 1. The van der Waals surface area contributed by atoms with Crippen LogP contribution in [-0.4, -0.2) is 35.8 Å². The third-order valence-electron chi connectivity index (χ3n) is 3.01. The highest BCUT2D eigenvalue weighted by molar-refractivity contribution is 5.98. The van der Waals surface area contributed by atoms with Crippen LogP contribution in [0.25, 0.3) is 0 Å². The van der Waals surface area contributed by atoms with E-state index in [9.17, 15) is 9.59 Å². The first-order chi connectivity index (χ1) is 9.90. The Morgan fingerprint density at radius 2 is 1.90 bits per heavy atom. The molecule has 0 aromatic carbocycles.